The molecule has 1 aliphatic carbocycles. The van der Waals surface area contributed by atoms with E-state index in [0.29, 0.717) is 11.5 Å². The minimum atomic E-state index is -3.86. The van der Waals surface area contributed by atoms with Gasteiger partial charge in [0.15, 0.2) is 0 Å². The van der Waals surface area contributed by atoms with Crippen LogP contribution in [0.1, 0.15) is 25.7 Å². The van der Waals surface area contributed by atoms with Crippen LogP contribution in [0.2, 0.25) is 0 Å². The number of anilines is 1. The van der Waals surface area contributed by atoms with E-state index in [2.05, 4.69) is 4.40 Å². The lowest BCUT2D eigenvalue weighted by atomic mass is 10.1. The zero-order valence-corrected chi connectivity index (χ0v) is 11.0. The summed E-state index contributed by atoms with van der Waals surface area (Å²) >= 11 is 0. The fraction of sp³-hybridized carbons (Fsp3) is 0.417. The predicted molar refractivity (Wildman–Crippen MR) is 69.6 cm³/mol. The quantitative estimate of drug-likeness (QED) is 0.797. The molecule has 1 aliphatic heterocycles. The van der Waals surface area contributed by atoms with Crippen LogP contribution >= 0.6 is 0 Å². The van der Waals surface area contributed by atoms with Crippen LogP contribution in [0.4, 0.5) is 10.1 Å². The highest BCUT2D eigenvalue weighted by molar-refractivity contribution is 7.90. The van der Waals surface area contributed by atoms with E-state index in [1.54, 1.807) is 0 Å². The predicted octanol–water partition coefficient (Wildman–Crippen LogP) is 1.80. The molecule has 0 amide bonds. The van der Waals surface area contributed by atoms with Gasteiger partial charge in [-0.1, -0.05) is 12.8 Å². The molecule has 1 saturated carbocycles. The third-order valence-electron chi connectivity index (χ3n) is 3.64. The third kappa shape index (κ3) is 2.02. The molecular weight excluding hydrogens is 269 g/mol. The second-order valence-corrected chi connectivity index (χ2v) is 6.46. The molecule has 102 valence electrons. The minimum absolute atomic E-state index is 0.0676. The Balaban J connectivity index is 2.13. The van der Waals surface area contributed by atoms with Gasteiger partial charge in [-0.15, -0.1) is 4.40 Å². The average Bonchev–Trinajstić information content (AvgIpc) is 2.87. The van der Waals surface area contributed by atoms with Crippen molar-refractivity contribution < 1.29 is 12.8 Å². The third-order valence-corrected chi connectivity index (χ3v) is 4.95. The van der Waals surface area contributed by atoms with Crippen LogP contribution in [-0.2, 0) is 10.0 Å². The lowest BCUT2D eigenvalue weighted by Gasteiger charge is -2.29. The van der Waals surface area contributed by atoms with E-state index in [9.17, 15) is 12.8 Å². The summed E-state index contributed by atoms with van der Waals surface area (Å²) < 4.78 is 41.2. The first-order chi connectivity index (χ1) is 8.99. The van der Waals surface area contributed by atoms with Gasteiger partial charge in [-0.25, -0.2) is 10.2 Å². The summed E-state index contributed by atoms with van der Waals surface area (Å²) in [5.41, 5.74) is 0.290. The Hall–Kier alpha value is -1.47. The molecule has 5 nitrogen and oxygen atoms in total. The van der Waals surface area contributed by atoms with E-state index in [1.807, 2.05) is 0 Å². The fourth-order valence-corrected chi connectivity index (χ4v) is 3.96. The van der Waals surface area contributed by atoms with Crippen molar-refractivity contribution in [2.45, 2.75) is 30.6 Å². The van der Waals surface area contributed by atoms with Crippen molar-refractivity contribution in [2.75, 3.05) is 5.01 Å². The van der Waals surface area contributed by atoms with Crippen molar-refractivity contribution in [3.8, 4) is 0 Å². The zero-order valence-electron chi connectivity index (χ0n) is 10.2. The first-order valence-electron chi connectivity index (χ1n) is 6.18. The largest absolute Gasteiger partial charge is 0.286 e. The minimum Gasteiger partial charge on any atom is -0.264 e. The van der Waals surface area contributed by atoms with Gasteiger partial charge in [0.1, 0.15) is 16.5 Å². The number of hydrogen-bond acceptors (Lipinski definition) is 4. The van der Waals surface area contributed by atoms with E-state index >= 15 is 0 Å². The molecule has 0 spiro atoms. The molecule has 0 radical (unpaired) electrons. The first-order valence-corrected chi connectivity index (χ1v) is 7.62. The van der Waals surface area contributed by atoms with Gasteiger partial charge in [-0.2, -0.15) is 8.42 Å². The molecule has 1 heterocycles. The molecule has 2 N–H and O–H groups in total. The standard InChI is InChI=1S/C12H14FN3O2S/c13-9-5-6-10-11(7-9)19(17,18)15-12(16(10)14)8-3-1-2-4-8/h5-8H,1-4,14H2. The molecule has 1 aromatic carbocycles. The van der Waals surface area contributed by atoms with E-state index in [0.717, 1.165) is 31.7 Å². The molecule has 3 rings (SSSR count). The smallest absolute Gasteiger partial charge is 0.264 e. The van der Waals surface area contributed by atoms with Gasteiger partial charge in [-0.05, 0) is 31.0 Å². The number of benzene rings is 1. The Morgan fingerprint density at radius 2 is 2.00 bits per heavy atom. The molecule has 1 aromatic rings. The highest BCUT2D eigenvalue weighted by Gasteiger charge is 2.34. The van der Waals surface area contributed by atoms with E-state index < -0.39 is 15.8 Å². The summed E-state index contributed by atoms with van der Waals surface area (Å²) in [6.07, 6.45) is 3.87. The number of rotatable bonds is 1. The van der Waals surface area contributed by atoms with Gasteiger partial charge in [0, 0.05) is 5.92 Å². The maximum Gasteiger partial charge on any atom is 0.286 e. The fourth-order valence-electron chi connectivity index (χ4n) is 2.69. The van der Waals surface area contributed by atoms with Crippen molar-refractivity contribution in [3.05, 3.63) is 24.0 Å². The average molecular weight is 283 g/mol. The summed E-state index contributed by atoms with van der Waals surface area (Å²) in [5.74, 6) is 5.78. The summed E-state index contributed by atoms with van der Waals surface area (Å²) in [6.45, 7) is 0. The van der Waals surface area contributed by atoms with Gasteiger partial charge >= 0.3 is 0 Å². The second kappa shape index (κ2) is 4.28. The zero-order chi connectivity index (χ0) is 13.6. The molecule has 0 saturated heterocycles. The number of amidine groups is 1. The summed E-state index contributed by atoms with van der Waals surface area (Å²) in [5, 5.41) is 1.28. The Labute approximate surface area is 111 Å². The molecule has 0 bridgehead atoms. The lowest BCUT2D eigenvalue weighted by molar-refractivity contribution is 0.588. The van der Waals surface area contributed by atoms with Crippen LogP contribution in [0.25, 0.3) is 0 Å². The van der Waals surface area contributed by atoms with E-state index in [4.69, 9.17) is 5.84 Å². The van der Waals surface area contributed by atoms with E-state index in [1.165, 1.54) is 17.1 Å². The Kier molecular flexibility index (Phi) is 2.83. The number of nitrogens with zero attached hydrogens (tertiary/aromatic N) is 2. The lowest BCUT2D eigenvalue weighted by Crippen LogP contribution is -2.44. The van der Waals surface area contributed by atoms with Crippen LogP contribution < -0.4 is 10.9 Å². The van der Waals surface area contributed by atoms with Gasteiger partial charge in [0.2, 0.25) is 0 Å². The molecular formula is C12H14FN3O2S. The maximum absolute atomic E-state index is 13.2. The van der Waals surface area contributed by atoms with Crippen LogP contribution in [0.5, 0.6) is 0 Å². The number of sulfonamides is 1. The summed E-state index contributed by atoms with van der Waals surface area (Å²) in [7, 11) is -3.86. The van der Waals surface area contributed by atoms with Crippen LogP contribution in [-0.4, -0.2) is 14.3 Å². The van der Waals surface area contributed by atoms with Crippen molar-refractivity contribution in [2.24, 2.45) is 16.2 Å². The van der Waals surface area contributed by atoms with Gasteiger partial charge in [0.25, 0.3) is 10.0 Å². The van der Waals surface area contributed by atoms with Crippen molar-refractivity contribution >= 4 is 21.5 Å². The van der Waals surface area contributed by atoms with Crippen molar-refractivity contribution in [1.82, 2.24) is 0 Å². The molecule has 0 aromatic heterocycles. The molecule has 2 aliphatic rings. The number of hydrogen-bond donors (Lipinski definition) is 1. The molecule has 7 heteroatoms. The Morgan fingerprint density at radius 3 is 2.68 bits per heavy atom. The molecule has 19 heavy (non-hydrogen) atoms. The van der Waals surface area contributed by atoms with Crippen LogP contribution in [0, 0.1) is 11.7 Å². The first kappa shape index (κ1) is 12.6. The van der Waals surface area contributed by atoms with Gasteiger partial charge < -0.3 is 0 Å². The molecule has 0 atom stereocenters. The number of halogens is 1. The molecule has 0 unspecified atom stereocenters. The Bertz CT molecular complexity index is 651. The summed E-state index contributed by atoms with van der Waals surface area (Å²) in [4.78, 5) is -0.170. The highest BCUT2D eigenvalue weighted by atomic mass is 32.2. The van der Waals surface area contributed by atoms with Crippen LogP contribution in [0.3, 0.4) is 0 Å². The van der Waals surface area contributed by atoms with Crippen molar-refractivity contribution in [3.63, 3.8) is 0 Å². The highest BCUT2D eigenvalue weighted by Crippen LogP contribution is 2.35. The molecule has 1 fully saturated rings. The van der Waals surface area contributed by atoms with Gasteiger partial charge in [-0.3, -0.25) is 5.01 Å². The number of hydrazine groups is 1. The monoisotopic (exact) mass is 283 g/mol. The SMILES string of the molecule is NN1C(C2CCCC2)=NS(=O)(=O)c2cc(F)ccc21. The summed E-state index contributed by atoms with van der Waals surface area (Å²) in [6, 6.07) is 3.54. The topological polar surface area (TPSA) is 75.8 Å². The normalized spacial score (nSPS) is 22.2. The van der Waals surface area contributed by atoms with Gasteiger partial charge in [0.05, 0.1) is 5.69 Å². The van der Waals surface area contributed by atoms with E-state index in [-0.39, 0.29) is 10.8 Å². The number of fused-ring (bicyclic) bond motifs is 1. The second-order valence-electron chi connectivity index (χ2n) is 4.89. The van der Waals surface area contributed by atoms with Crippen molar-refractivity contribution in [1.29, 1.82) is 0 Å². The van der Waals surface area contributed by atoms with Crippen LogP contribution in [0.15, 0.2) is 27.5 Å². The Morgan fingerprint density at radius 1 is 1.32 bits per heavy atom. The maximum atomic E-state index is 13.2. The number of nitrogens with two attached hydrogens (primary N) is 1.